The van der Waals surface area contributed by atoms with Crippen LogP contribution in [0, 0.1) is 5.82 Å². The summed E-state index contributed by atoms with van der Waals surface area (Å²) in [5, 5.41) is 13.4. The molecule has 0 fully saturated rings. The average molecular weight is 601 g/mol. The molecule has 1 aromatic heterocycles. The fourth-order valence-electron chi connectivity index (χ4n) is 4.93. The van der Waals surface area contributed by atoms with Crippen LogP contribution in [0.15, 0.2) is 95.4 Å². The summed E-state index contributed by atoms with van der Waals surface area (Å²) in [6.07, 6.45) is 1.05. The molecule has 4 aromatic carbocycles. The van der Waals surface area contributed by atoms with Crippen molar-refractivity contribution in [1.82, 2.24) is 5.32 Å². The summed E-state index contributed by atoms with van der Waals surface area (Å²) in [6, 6.07) is 24.4. The van der Waals surface area contributed by atoms with Crippen molar-refractivity contribution >= 4 is 38.6 Å². The van der Waals surface area contributed by atoms with Gasteiger partial charge in [0.15, 0.2) is 0 Å². The van der Waals surface area contributed by atoms with Gasteiger partial charge < -0.3 is 14.8 Å². The van der Waals surface area contributed by atoms with Gasteiger partial charge in [-0.15, -0.1) is 0 Å². The van der Waals surface area contributed by atoms with Gasteiger partial charge in [0.1, 0.15) is 22.7 Å². The summed E-state index contributed by atoms with van der Waals surface area (Å²) in [6.45, 7) is 3.78. The second-order valence-corrected chi connectivity index (χ2v) is 12.8. The third-order valence-corrected chi connectivity index (χ3v) is 8.51. The van der Waals surface area contributed by atoms with Crippen molar-refractivity contribution in [3.05, 3.63) is 114 Å². The number of halogens is 1. The molecule has 0 atom stereocenters. The number of amides is 1. The molecule has 1 amide bonds. The molecule has 0 saturated heterocycles. The Kier molecular flexibility index (Phi) is 7.58. The molecule has 2 N–H and O–H groups in total. The lowest BCUT2D eigenvalue weighted by Gasteiger charge is -2.27. The van der Waals surface area contributed by atoms with E-state index in [2.05, 4.69) is 5.32 Å². The molecule has 43 heavy (non-hydrogen) atoms. The number of carboxylic acids is 1. The molecule has 1 heterocycles. The number of hydrogen-bond donors (Lipinski definition) is 2. The monoisotopic (exact) mass is 600 g/mol. The van der Waals surface area contributed by atoms with Crippen LogP contribution in [0.25, 0.3) is 33.4 Å². The maximum absolute atomic E-state index is 13.6. The van der Waals surface area contributed by atoms with Gasteiger partial charge in [0.25, 0.3) is 5.91 Å². The first-order chi connectivity index (χ1) is 20.3. The highest BCUT2D eigenvalue weighted by Gasteiger charge is 2.27. The van der Waals surface area contributed by atoms with Crippen LogP contribution in [0.2, 0.25) is 0 Å². The van der Waals surface area contributed by atoms with Gasteiger partial charge in [0, 0.05) is 35.2 Å². The summed E-state index contributed by atoms with van der Waals surface area (Å²) in [4.78, 5) is 25.9. The topological polar surface area (TPSA) is 117 Å². The highest BCUT2D eigenvalue weighted by atomic mass is 32.2. The lowest BCUT2D eigenvalue weighted by Crippen LogP contribution is -2.40. The van der Waals surface area contributed by atoms with Crippen LogP contribution in [0.3, 0.4) is 0 Å². The number of benzene rings is 4. The molecule has 0 unspecified atom stereocenters. The molecular weight excluding hydrogens is 571 g/mol. The Morgan fingerprint density at radius 3 is 2.21 bits per heavy atom. The number of furan rings is 1. The lowest BCUT2D eigenvalue weighted by atomic mass is 9.93. The normalized spacial score (nSPS) is 11.8. The average Bonchev–Trinajstić information content (AvgIpc) is 3.35. The molecule has 0 aliphatic carbocycles. The molecule has 0 aliphatic heterocycles. The second-order valence-electron chi connectivity index (χ2n) is 10.7. The number of carbonyl (C=O) groups is 2. The highest BCUT2D eigenvalue weighted by molar-refractivity contribution is 7.92. The fourth-order valence-corrected chi connectivity index (χ4v) is 5.44. The summed E-state index contributed by atoms with van der Waals surface area (Å²) < 4.78 is 45.9. The fraction of sp³-hybridized carbons (Fsp3) is 0.152. The molecule has 0 aliphatic rings. The zero-order valence-corrected chi connectivity index (χ0v) is 24.7. The Morgan fingerprint density at radius 1 is 0.907 bits per heavy atom. The molecule has 0 bridgehead atoms. The van der Waals surface area contributed by atoms with Crippen LogP contribution in [0.1, 0.15) is 40.1 Å². The van der Waals surface area contributed by atoms with Gasteiger partial charge in [0.05, 0.1) is 17.5 Å². The summed E-state index contributed by atoms with van der Waals surface area (Å²) >= 11 is 0. The highest BCUT2D eigenvalue weighted by Crippen LogP contribution is 2.41. The molecule has 5 rings (SSSR count). The van der Waals surface area contributed by atoms with Gasteiger partial charge in [-0.3, -0.25) is 9.10 Å². The summed E-state index contributed by atoms with van der Waals surface area (Å²) in [5.41, 5.74) is 1.94. The smallest absolute Gasteiger partial charge is 0.340 e. The van der Waals surface area contributed by atoms with Crippen molar-refractivity contribution in [3.8, 4) is 22.5 Å². The summed E-state index contributed by atoms with van der Waals surface area (Å²) in [5.74, 6) is -2.11. The van der Waals surface area contributed by atoms with Crippen molar-refractivity contribution in [3.63, 3.8) is 0 Å². The van der Waals surface area contributed by atoms with Crippen LogP contribution in [0.5, 0.6) is 0 Å². The Bertz CT molecular complexity index is 1970. The number of aromatic carboxylic acids is 1. The van der Waals surface area contributed by atoms with Gasteiger partial charge >= 0.3 is 5.97 Å². The Morgan fingerprint density at radius 2 is 1.58 bits per heavy atom. The molecular formula is C33H29FN2O6S. The molecule has 0 spiro atoms. The number of nitrogens with one attached hydrogen (secondary N) is 1. The first-order valence-electron chi connectivity index (χ1n) is 13.3. The van der Waals surface area contributed by atoms with Crippen LogP contribution < -0.4 is 9.62 Å². The SMILES string of the molecule is CN(c1cc2oc(-c3ccc(F)cc3)c(C(=O)O)c2cc1-c1cccc(C(=O)NC(C)(C)c2ccccc2)c1)S(C)(=O)=O. The van der Waals surface area contributed by atoms with E-state index >= 15 is 0 Å². The molecule has 5 aromatic rings. The van der Waals surface area contributed by atoms with E-state index < -0.39 is 27.3 Å². The number of carboxylic acid groups (broad SMARTS) is 1. The van der Waals surface area contributed by atoms with E-state index in [1.165, 1.54) is 43.4 Å². The number of rotatable bonds is 8. The maximum atomic E-state index is 13.6. The van der Waals surface area contributed by atoms with E-state index in [9.17, 15) is 27.5 Å². The van der Waals surface area contributed by atoms with Gasteiger partial charge in [-0.05, 0) is 67.4 Å². The lowest BCUT2D eigenvalue weighted by molar-refractivity contribution is 0.0698. The third-order valence-electron chi connectivity index (χ3n) is 7.32. The largest absolute Gasteiger partial charge is 0.478 e. The standard InChI is InChI=1S/C33H29FN2O6S/c1-33(2,23-11-6-5-7-12-23)35-31(37)22-10-8-9-21(17-22)25-18-26-28(19-27(25)36(3)43(4,40)41)42-30(29(26)32(38)39)20-13-15-24(34)16-14-20/h5-19H,1-4H3,(H,35,37)(H,38,39). The van der Waals surface area contributed by atoms with Crippen LogP contribution in [0.4, 0.5) is 10.1 Å². The number of sulfonamides is 1. The zero-order chi connectivity index (χ0) is 31.1. The predicted octanol–water partition coefficient (Wildman–Crippen LogP) is 6.67. The van der Waals surface area contributed by atoms with Crippen molar-refractivity contribution in [2.45, 2.75) is 19.4 Å². The molecule has 0 saturated carbocycles. The molecule has 0 radical (unpaired) electrons. The van der Waals surface area contributed by atoms with E-state index in [1.807, 2.05) is 44.2 Å². The molecule has 8 nitrogen and oxygen atoms in total. The zero-order valence-electron chi connectivity index (χ0n) is 23.9. The minimum atomic E-state index is -3.76. The van der Waals surface area contributed by atoms with Crippen LogP contribution >= 0.6 is 0 Å². The van der Waals surface area contributed by atoms with Crippen molar-refractivity contribution < 1.29 is 31.9 Å². The minimum absolute atomic E-state index is 0.00359. The minimum Gasteiger partial charge on any atom is -0.478 e. The van der Waals surface area contributed by atoms with Gasteiger partial charge in [0.2, 0.25) is 10.0 Å². The van der Waals surface area contributed by atoms with E-state index in [0.29, 0.717) is 22.3 Å². The Labute approximate surface area is 248 Å². The van der Waals surface area contributed by atoms with Crippen molar-refractivity contribution in [2.24, 2.45) is 0 Å². The Hall–Kier alpha value is -4.96. The third kappa shape index (κ3) is 5.87. The van der Waals surface area contributed by atoms with E-state index in [-0.39, 0.29) is 33.9 Å². The number of carbonyl (C=O) groups excluding carboxylic acids is 1. The maximum Gasteiger partial charge on any atom is 0.340 e. The number of fused-ring (bicyclic) bond motifs is 1. The van der Waals surface area contributed by atoms with E-state index in [4.69, 9.17) is 4.42 Å². The first kappa shape index (κ1) is 29.5. The molecule has 220 valence electrons. The number of anilines is 1. The van der Waals surface area contributed by atoms with Crippen molar-refractivity contribution in [2.75, 3.05) is 17.6 Å². The van der Waals surface area contributed by atoms with E-state index in [0.717, 1.165) is 16.1 Å². The quantitative estimate of drug-likeness (QED) is 0.206. The Balaban J connectivity index is 1.67. The number of hydrogen-bond acceptors (Lipinski definition) is 5. The second kappa shape index (κ2) is 11.0. The molecule has 10 heteroatoms. The van der Waals surface area contributed by atoms with Crippen LogP contribution in [-0.4, -0.2) is 38.7 Å². The van der Waals surface area contributed by atoms with Gasteiger partial charge in [-0.2, -0.15) is 0 Å². The summed E-state index contributed by atoms with van der Waals surface area (Å²) in [7, 11) is -2.38. The number of nitrogens with zero attached hydrogens (tertiary/aromatic N) is 1. The van der Waals surface area contributed by atoms with E-state index in [1.54, 1.807) is 24.3 Å². The predicted molar refractivity (Wildman–Crippen MR) is 164 cm³/mol. The van der Waals surface area contributed by atoms with Gasteiger partial charge in [-0.25, -0.2) is 17.6 Å². The van der Waals surface area contributed by atoms with Crippen LogP contribution in [-0.2, 0) is 15.6 Å². The first-order valence-corrected chi connectivity index (χ1v) is 15.1. The van der Waals surface area contributed by atoms with Crippen molar-refractivity contribution in [1.29, 1.82) is 0 Å². The van der Waals surface area contributed by atoms with Gasteiger partial charge in [-0.1, -0.05) is 42.5 Å².